The Bertz CT molecular complexity index is 823. The van der Waals surface area contributed by atoms with Crippen molar-refractivity contribution in [2.75, 3.05) is 26.3 Å². The van der Waals surface area contributed by atoms with E-state index >= 15 is 0 Å². The Labute approximate surface area is 147 Å². The molecule has 0 spiro atoms. The number of para-hydroxylation sites is 1. The number of fused-ring (bicyclic) bond motifs is 1. The van der Waals surface area contributed by atoms with Gasteiger partial charge in [0.25, 0.3) is 5.91 Å². The first kappa shape index (κ1) is 16.3. The Hall–Kier alpha value is -2.14. The second kappa shape index (κ2) is 7.00. The average molecular weight is 340 g/mol. The van der Waals surface area contributed by atoms with Crippen molar-refractivity contribution in [1.82, 2.24) is 9.88 Å². The van der Waals surface area contributed by atoms with E-state index in [0.29, 0.717) is 22.9 Å². The van der Waals surface area contributed by atoms with Crippen LogP contribution >= 0.6 is 0 Å². The minimum Gasteiger partial charge on any atom is -0.381 e. The number of piperidine rings is 1. The Balaban J connectivity index is 1.58. The molecule has 2 aliphatic rings. The Morgan fingerprint density at radius 1 is 1.08 bits per heavy atom. The number of benzene rings is 1. The smallest absolute Gasteiger partial charge is 0.255 e. The van der Waals surface area contributed by atoms with E-state index in [0.717, 1.165) is 51.0 Å². The van der Waals surface area contributed by atoms with Crippen molar-refractivity contribution in [2.45, 2.75) is 25.7 Å². The zero-order chi connectivity index (χ0) is 17.2. The molecular formula is C20H24N2O3. The van der Waals surface area contributed by atoms with Crippen molar-refractivity contribution in [1.29, 1.82) is 0 Å². The molecule has 0 aliphatic carbocycles. The van der Waals surface area contributed by atoms with Gasteiger partial charge in [-0.3, -0.25) is 9.59 Å². The number of rotatable bonds is 2. The number of pyridine rings is 1. The van der Waals surface area contributed by atoms with Crippen LogP contribution in [0.25, 0.3) is 10.9 Å². The number of aromatic amines is 1. The fourth-order valence-electron chi connectivity index (χ4n) is 4.29. The molecule has 1 aromatic heterocycles. The first-order valence-electron chi connectivity index (χ1n) is 9.21. The minimum atomic E-state index is -0.175. The monoisotopic (exact) mass is 340 g/mol. The van der Waals surface area contributed by atoms with E-state index < -0.39 is 0 Å². The number of likely N-dealkylation sites (tertiary alicyclic amines) is 1. The molecule has 2 aromatic rings. The number of ether oxygens (including phenoxy) is 1. The predicted octanol–water partition coefficient (Wildman–Crippen LogP) is 2.81. The average Bonchev–Trinajstić information content (AvgIpc) is 2.68. The van der Waals surface area contributed by atoms with Crippen LogP contribution < -0.4 is 5.56 Å². The quantitative estimate of drug-likeness (QED) is 0.914. The second-order valence-corrected chi connectivity index (χ2v) is 7.20. The molecule has 1 atom stereocenters. The van der Waals surface area contributed by atoms with Gasteiger partial charge in [0.2, 0.25) is 5.56 Å². The van der Waals surface area contributed by atoms with Gasteiger partial charge in [-0.05, 0) is 55.0 Å². The molecule has 2 saturated heterocycles. The fourth-order valence-corrected chi connectivity index (χ4v) is 4.29. The number of hydrogen-bond acceptors (Lipinski definition) is 3. The molecule has 3 heterocycles. The molecule has 1 aromatic carbocycles. The summed E-state index contributed by atoms with van der Waals surface area (Å²) in [6.07, 6.45) is 4.46. The molecule has 25 heavy (non-hydrogen) atoms. The van der Waals surface area contributed by atoms with Crippen LogP contribution in [0.4, 0.5) is 0 Å². The first-order valence-corrected chi connectivity index (χ1v) is 9.21. The maximum atomic E-state index is 13.1. The normalized spacial score (nSPS) is 22.2. The molecule has 5 nitrogen and oxygen atoms in total. The highest BCUT2D eigenvalue weighted by Crippen LogP contribution is 2.31. The Morgan fingerprint density at radius 3 is 2.76 bits per heavy atom. The number of carbonyl (C=O) groups is 1. The SMILES string of the molecule is O=C(c1cccc2ccc(=O)[nH]c12)N1CCCC(C2CCOCC2)C1. The third-order valence-electron chi connectivity index (χ3n) is 5.67. The van der Waals surface area contributed by atoms with E-state index in [2.05, 4.69) is 4.98 Å². The number of nitrogens with one attached hydrogen (secondary N) is 1. The van der Waals surface area contributed by atoms with Crippen LogP contribution in [0.3, 0.4) is 0 Å². The van der Waals surface area contributed by atoms with Gasteiger partial charge in [0.05, 0.1) is 11.1 Å². The maximum absolute atomic E-state index is 13.1. The van der Waals surface area contributed by atoms with Gasteiger partial charge in [-0.15, -0.1) is 0 Å². The minimum absolute atomic E-state index is 0.0317. The standard InChI is InChI=1S/C20H24N2O3/c23-18-7-6-15-3-1-5-17(19(15)21-18)20(24)22-10-2-4-16(13-22)14-8-11-25-12-9-14/h1,3,5-7,14,16H,2,4,8-13H2,(H,21,23). The third kappa shape index (κ3) is 3.33. The van der Waals surface area contributed by atoms with Gasteiger partial charge in [0.1, 0.15) is 0 Å². The molecule has 5 heteroatoms. The molecule has 1 amide bonds. The Morgan fingerprint density at radius 2 is 1.92 bits per heavy atom. The van der Waals surface area contributed by atoms with Crippen LogP contribution in [-0.2, 0) is 4.74 Å². The lowest BCUT2D eigenvalue weighted by Crippen LogP contribution is -2.43. The van der Waals surface area contributed by atoms with Crippen LogP contribution in [0.5, 0.6) is 0 Å². The molecule has 4 rings (SSSR count). The van der Waals surface area contributed by atoms with Crippen LogP contribution in [0.1, 0.15) is 36.0 Å². The highest BCUT2D eigenvalue weighted by Gasteiger charge is 2.31. The van der Waals surface area contributed by atoms with Crippen molar-refractivity contribution in [2.24, 2.45) is 11.8 Å². The highest BCUT2D eigenvalue weighted by molar-refractivity contribution is 6.05. The van der Waals surface area contributed by atoms with Crippen molar-refractivity contribution < 1.29 is 9.53 Å². The zero-order valence-corrected chi connectivity index (χ0v) is 14.4. The number of carbonyl (C=O) groups excluding carboxylic acids is 1. The largest absolute Gasteiger partial charge is 0.381 e. The predicted molar refractivity (Wildman–Crippen MR) is 96.7 cm³/mol. The van der Waals surface area contributed by atoms with E-state index in [4.69, 9.17) is 4.74 Å². The topological polar surface area (TPSA) is 62.4 Å². The second-order valence-electron chi connectivity index (χ2n) is 7.20. The number of aromatic nitrogens is 1. The van der Waals surface area contributed by atoms with E-state index in [9.17, 15) is 9.59 Å². The van der Waals surface area contributed by atoms with Crippen LogP contribution in [0, 0.1) is 11.8 Å². The molecule has 0 radical (unpaired) electrons. The zero-order valence-electron chi connectivity index (χ0n) is 14.4. The van der Waals surface area contributed by atoms with Gasteiger partial charge in [-0.1, -0.05) is 12.1 Å². The summed E-state index contributed by atoms with van der Waals surface area (Å²) >= 11 is 0. The summed E-state index contributed by atoms with van der Waals surface area (Å²) in [6.45, 7) is 3.31. The van der Waals surface area contributed by atoms with Gasteiger partial charge in [0.15, 0.2) is 0 Å². The summed E-state index contributed by atoms with van der Waals surface area (Å²) in [5.41, 5.74) is 1.07. The number of amides is 1. The third-order valence-corrected chi connectivity index (χ3v) is 5.67. The summed E-state index contributed by atoms with van der Waals surface area (Å²) in [7, 11) is 0. The summed E-state index contributed by atoms with van der Waals surface area (Å²) in [6, 6.07) is 8.89. The summed E-state index contributed by atoms with van der Waals surface area (Å²) in [5.74, 6) is 1.26. The molecule has 0 saturated carbocycles. The van der Waals surface area contributed by atoms with Gasteiger partial charge in [-0.25, -0.2) is 0 Å². The first-order chi connectivity index (χ1) is 12.2. The number of hydrogen-bond donors (Lipinski definition) is 1. The van der Waals surface area contributed by atoms with Crippen molar-refractivity contribution in [3.8, 4) is 0 Å². The van der Waals surface area contributed by atoms with Crippen molar-refractivity contribution in [3.63, 3.8) is 0 Å². The van der Waals surface area contributed by atoms with Gasteiger partial charge < -0.3 is 14.6 Å². The van der Waals surface area contributed by atoms with Crippen molar-refractivity contribution >= 4 is 16.8 Å². The van der Waals surface area contributed by atoms with Gasteiger partial charge >= 0.3 is 0 Å². The number of nitrogens with zero attached hydrogens (tertiary/aromatic N) is 1. The molecule has 2 fully saturated rings. The highest BCUT2D eigenvalue weighted by atomic mass is 16.5. The van der Waals surface area contributed by atoms with Crippen LogP contribution in [-0.4, -0.2) is 42.1 Å². The van der Waals surface area contributed by atoms with Crippen LogP contribution in [0.15, 0.2) is 35.1 Å². The van der Waals surface area contributed by atoms with E-state index in [-0.39, 0.29) is 11.5 Å². The van der Waals surface area contributed by atoms with E-state index in [1.54, 1.807) is 6.07 Å². The lowest BCUT2D eigenvalue weighted by molar-refractivity contribution is 0.0253. The molecule has 1 N–H and O–H groups in total. The molecular weight excluding hydrogens is 316 g/mol. The molecule has 2 aliphatic heterocycles. The van der Waals surface area contributed by atoms with E-state index in [1.165, 1.54) is 12.5 Å². The van der Waals surface area contributed by atoms with E-state index in [1.807, 2.05) is 23.1 Å². The summed E-state index contributed by atoms with van der Waals surface area (Å²) in [4.78, 5) is 29.6. The summed E-state index contributed by atoms with van der Waals surface area (Å²) in [5, 5.41) is 0.892. The lowest BCUT2D eigenvalue weighted by Gasteiger charge is -2.38. The van der Waals surface area contributed by atoms with Gasteiger partial charge in [0, 0.05) is 32.4 Å². The fraction of sp³-hybridized carbons (Fsp3) is 0.500. The summed E-state index contributed by atoms with van der Waals surface area (Å²) < 4.78 is 5.48. The number of H-pyrrole nitrogens is 1. The van der Waals surface area contributed by atoms with Gasteiger partial charge in [-0.2, -0.15) is 0 Å². The molecule has 132 valence electrons. The molecule has 1 unspecified atom stereocenters. The van der Waals surface area contributed by atoms with Crippen molar-refractivity contribution in [3.05, 3.63) is 46.2 Å². The maximum Gasteiger partial charge on any atom is 0.255 e. The lowest BCUT2D eigenvalue weighted by atomic mass is 9.81. The van der Waals surface area contributed by atoms with Crippen LogP contribution in [0.2, 0.25) is 0 Å². The Kier molecular flexibility index (Phi) is 4.57. The molecule has 0 bridgehead atoms.